The fourth-order valence-corrected chi connectivity index (χ4v) is 7.34. The Bertz CT molecular complexity index is 760. The first-order valence-electron chi connectivity index (χ1n) is 10.7. The smallest absolute Gasteiger partial charge is 0.0724 e. The SMILES string of the molecule is C[C@]12CC[C@H](O)C=C1CC[C@H]1[C@@H]2CC[C@]2(C)C(c3ccccc3)=CC[C@@H]12. The summed E-state index contributed by atoms with van der Waals surface area (Å²) in [4.78, 5) is 0. The highest BCUT2D eigenvalue weighted by Gasteiger charge is 2.57. The van der Waals surface area contributed by atoms with Crippen LogP contribution in [0, 0.1) is 28.6 Å². The number of hydrogen-bond donors (Lipinski definition) is 1. The van der Waals surface area contributed by atoms with Crippen molar-refractivity contribution in [1.29, 1.82) is 0 Å². The van der Waals surface area contributed by atoms with Crippen LogP contribution < -0.4 is 0 Å². The van der Waals surface area contributed by atoms with Crippen LogP contribution in [0.5, 0.6) is 0 Å². The first-order chi connectivity index (χ1) is 12.5. The highest BCUT2D eigenvalue weighted by Crippen LogP contribution is 2.66. The van der Waals surface area contributed by atoms with Gasteiger partial charge in [-0.2, -0.15) is 0 Å². The van der Waals surface area contributed by atoms with Gasteiger partial charge in [0.2, 0.25) is 0 Å². The number of benzene rings is 1. The summed E-state index contributed by atoms with van der Waals surface area (Å²) >= 11 is 0. The minimum Gasteiger partial charge on any atom is -0.389 e. The predicted octanol–water partition coefficient (Wildman–Crippen LogP) is 6.00. The Morgan fingerprint density at radius 1 is 0.923 bits per heavy atom. The van der Waals surface area contributed by atoms with E-state index in [1.807, 2.05) is 0 Å². The zero-order valence-corrected chi connectivity index (χ0v) is 16.2. The Morgan fingerprint density at radius 3 is 2.50 bits per heavy atom. The molecule has 5 rings (SSSR count). The van der Waals surface area contributed by atoms with E-state index in [0.29, 0.717) is 10.8 Å². The third-order valence-corrected chi connectivity index (χ3v) is 8.75. The maximum Gasteiger partial charge on any atom is 0.0724 e. The molecule has 0 aromatic heterocycles. The second kappa shape index (κ2) is 5.83. The second-order valence-corrected chi connectivity index (χ2v) is 9.81. The molecule has 0 amide bonds. The van der Waals surface area contributed by atoms with Gasteiger partial charge in [-0.15, -0.1) is 0 Å². The highest BCUT2D eigenvalue weighted by atomic mass is 16.3. The molecule has 1 aromatic carbocycles. The lowest BCUT2D eigenvalue weighted by atomic mass is 9.46. The van der Waals surface area contributed by atoms with Crippen LogP contribution in [0.3, 0.4) is 0 Å². The van der Waals surface area contributed by atoms with Crippen LogP contribution in [-0.2, 0) is 0 Å². The average Bonchev–Trinajstić information content (AvgIpc) is 3.00. The third kappa shape index (κ3) is 2.26. The molecule has 4 aliphatic carbocycles. The van der Waals surface area contributed by atoms with Crippen LogP contribution in [0.2, 0.25) is 0 Å². The summed E-state index contributed by atoms with van der Waals surface area (Å²) in [6, 6.07) is 11.1. The summed E-state index contributed by atoms with van der Waals surface area (Å²) in [6.07, 6.45) is 13.2. The molecular weight excluding hydrogens is 316 g/mol. The van der Waals surface area contributed by atoms with Crippen LogP contribution in [0.15, 0.2) is 48.1 Å². The molecule has 0 heterocycles. The molecule has 0 bridgehead atoms. The molecule has 138 valence electrons. The van der Waals surface area contributed by atoms with Crippen LogP contribution in [0.1, 0.15) is 64.4 Å². The van der Waals surface area contributed by atoms with Crippen LogP contribution >= 0.6 is 0 Å². The van der Waals surface area contributed by atoms with E-state index in [2.05, 4.69) is 56.3 Å². The van der Waals surface area contributed by atoms with Crippen molar-refractivity contribution in [2.75, 3.05) is 0 Å². The normalized spacial score (nSPS) is 44.4. The molecule has 1 N–H and O–H groups in total. The molecule has 2 fully saturated rings. The van der Waals surface area contributed by atoms with Gasteiger partial charge >= 0.3 is 0 Å². The lowest BCUT2D eigenvalue weighted by Crippen LogP contribution is -2.50. The van der Waals surface area contributed by atoms with E-state index in [0.717, 1.165) is 24.2 Å². The summed E-state index contributed by atoms with van der Waals surface area (Å²) in [5.74, 6) is 2.47. The van der Waals surface area contributed by atoms with Gasteiger partial charge < -0.3 is 5.11 Å². The minimum absolute atomic E-state index is 0.193. The summed E-state index contributed by atoms with van der Waals surface area (Å²) in [5.41, 5.74) is 5.34. The molecule has 1 heteroatoms. The molecule has 0 unspecified atom stereocenters. The van der Waals surface area contributed by atoms with Gasteiger partial charge in [-0.3, -0.25) is 0 Å². The zero-order chi connectivity index (χ0) is 17.9. The first-order valence-corrected chi connectivity index (χ1v) is 10.7. The second-order valence-electron chi connectivity index (χ2n) is 9.81. The molecule has 6 atom stereocenters. The molecule has 0 saturated heterocycles. The molecular formula is C25H32O. The Morgan fingerprint density at radius 2 is 1.69 bits per heavy atom. The number of rotatable bonds is 1. The van der Waals surface area contributed by atoms with Gasteiger partial charge in [-0.1, -0.05) is 61.9 Å². The monoisotopic (exact) mass is 348 g/mol. The van der Waals surface area contributed by atoms with Crippen molar-refractivity contribution in [1.82, 2.24) is 0 Å². The molecule has 2 saturated carbocycles. The number of aliphatic hydroxyl groups is 1. The molecule has 0 radical (unpaired) electrons. The quantitative estimate of drug-likeness (QED) is 0.617. The van der Waals surface area contributed by atoms with Gasteiger partial charge in [0.05, 0.1) is 6.10 Å². The molecule has 1 aromatic rings. The number of hydrogen-bond acceptors (Lipinski definition) is 1. The summed E-state index contributed by atoms with van der Waals surface area (Å²) < 4.78 is 0. The van der Waals surface area contributed by atoms with Crippen molar-refractivity contribution in [2.24, 2.45) is 28.6 Å². The standard InChI is InChI=1S/C25H32O/c1-24-14-12-19(26)16-18(24)8-9-20-22-11-10-21(17-6-4-3-5-7-17)25(22,2)15-13-23(20)24/h3-7,10,16,19-20,22-23,26H,8-9,11-15H2,1-2H3/t19-,20+,22-,23-,24-,25+/m0/s1. The van der Waals surface area contributed by atoms with E-state index in [4.69, 9.17) is 0 Å². The first kappa shape index (κ1) is 16.8. The molecule has 26 heavy (non-hydrogen) atoms. The Balaban J connectivity index is 1.47. The van der Waals surface area contributed by atoms with Gasteiger partial charge in [0.15, 0.2) is 0 Å². The van der Waals surface area contributed by atoms with E-state index >= 15 is 0 Å². The highest BCUT2D eigenvalue weighted by molar-refractivity contribution is 5.72. The van der Waals surface area contributed by atoms with Crippen LogP contribution in [0.4, 0.5) is 0 Å². The Kier molecular flexibility index (Phi) is 3.77. The fraction of sp³-hybridized carbons (Fsp3) is 0.600. The van der Waals surface area contributed by atoms with Crippen LogP contribution in [-0.4, -0.2) is 11.2 Å². The van der Waals surface area contributed by atoms with Gasteiger partial charge in [-0.05, 0) is 84.7 Å². The lowest BCUT2D eigenvalue weighted by molar-refractivity contribution is -0.0281. The van der Waals surface area contributed by atoms with E-state index in [1.165, 1.54) is 44.1 Å². The Hall–Kier alpha value is -1.34. The maximum absolute atomic E-state index is 10.1. The third-order valence-electron chi connectivity index (χ3n) is 8.75. The molecule has 4 aliphatic rings. The summed E-state index contributed by atoms with van der Waals surface area (Å²) in [5, 5.41) is 10.1. The predicted molar refractivity (Wildman–Crippen MR) is 108 cm³/mol. The van der Waals surface area contributed by atoms with Crippen molar-refractivity contribution in [2.45, 2.75) is 64.9 Å². The molecule has 0 spiro atoms. The van der Waals surface area contributed by atoms with E-state index < -0.39 is 0 Å². The van der Waals surface area contributed by atoms with Gasteiger partial charge in [0, 0.05) is 0 Å². The molecule has 1 nitrogen and oxygen atoms in total. The number of aliphatic hydroxyl groups excluding tert-OH is 1. The number of allylic oxidation sites excluding steroid dienone is 3. The van der Waals surface area contributed by atoms with Crippen molar-refractivity contribution in [3.05, 3.63) is 53.6 Å². The maximum atomic E-state index is 10.1. The van der Waals surface area contributed by atoms with Crippen molar-refractivity contribution in [3.8, 4) is 0 Å². The lowest BCUT2D eigenvalue weighted by Gasteiger charge is -2.58. The van der Waals surface area contributed by atoms with Gasteiger partial charge in [0.1, 0.15) is 0 Å². The van der Waals surface area contributed by atoms with Crippen molar-refractivity contribution in [3.63, 3.8) is 0 Å². The van der Waals surface area contributed by atoms with Gasteiger partial charge in [-0.25, -0.2) is 0 Å². The minimum atomic E-state index is -0.193. The van der Waals surface area contributed by atoms with Gasteiger partial charge in [0.25, 0.3) is 0 Å². The largest absolute Gasteiger partial charge is 0.389 e. The topological polar surface area (TPSA) is 20.2 Å². The van der Waals surface area contributed by atoms with Crippen LogP contribution in [0.25, 0.3) is 5.57 Å². The fourth-order valence-electron chi connectivity index (χ4n) is 7.34. The summed E-state index contributed by atoms with van der Waals surface area (Å²) in [7, 11) is 0. The zero-order valence-electron chi connectivity index (χ0n) is 16.2. The average molecular weight is 349 g/mol. The van der Waals surface area contributed by atoms with Crippen molar-refractivity contribution >= 4 is 5.57 Å². The molecule has 0 aliphatic heterocycles. The number of fused-ring (bicyclic) bond motifs is 5. The van der Waals surface area contributed by atoms with E-state index in [9.17, 15) is 5.11 Å². The Labute approximate surface area is 158 Å². The van der Waals surface area contributed by atoms with E-state index in [1.54, 1.807) is 11.1 Å². The van der Waals surface area contributed by atoms with Crippen molar-refractivity contribution < 1.29 is 5.11 Å². The summed E-state index contributed by atoms with van der Waals surface area (Å²) in [6.45, 7) is 5.07. The van der Waals surface area contributed by atoms with E-state index in [-0.39, 0.29) is 6.10 Å².